The van der Waals surface area contributed by atoms with E-state index in [1.807, 2.05) is 12.1 Å². The van der Waals surface area contributed by atoms with Gasteiger partial charge in [-0.3, -0.25) is 0 Å². The Balaban J connectivity index is 0.000000427. The van der Waals surface area contributed by atoms with E-state index < -0.39 is 20.2 Å². The van der Waals surface area contributed by atoms with Crippen LogP contribution in [0.2, 0.25) is 0 Å². The molecule has 0 aliphatic carbocycles. The summed E-state index contributed by atoms with van der Waals surface area (Å²) in [5.74, 6) is 1.24. The predicted octanol–water partition coefficient (Wildman–Crippen LogP) is 14.9. The van der Waals surface area contributed by atoms with Crippen LogP contribution in [-0.2, 0) is 33.1 Å². The number of ether oxygens (including phenoxy) is 2. The number of hydrogen-bond donors (Lipinski definition) is 0. The minimum Gasteiger partial charge on any atom is -0.744 e. The van der Waals surface area contributed by atoms with Crippen LogP contribution in [0.3, 0.4) is 0 Å². The molecule has 0 N–H and O–H groups in total. The molecule has 4 aromatic carbocycles. The smallest absolute Gasteiger partial charge is 0.744 e. The predicted molar refractivity (Wildman–Crippen MR) is 257 cm³/mol. The van der Waals surface area contributed by atoms with E-state index in [-0.39, 0.29) is 59.0 Å². The molecule has 0 unspecified atom stereocenters. The van der Waals surface area contributed by atoms with Crippen LogP contribution in [0.25, 0.3) is 0 Å². The Morgan fingerprint density at radius 1 is 0.365 bits per heavy atom. The molecular formula is C52H74CaO8S2. The number of aryl methyl sites for hydroxylation is 2. The monoisotopic (exact) mass is 930 g/mol. The quantitative estimate of drug-likeness (QED) is 0.0269. The second-order valence-electron chi connectivity index (χ2n) is 16.5. The van der Waals surface area contributed by atoms with Crippen LogP contribution in [0.15, 0.2) is 107 Å². The molecule has 0 bridgehead atoms. The number of rotatable bonds is 32. The third-order valence-electron chi connectivity index (χ3n) is 11.2. The van der Waals surface area contributed by atoms with Gasteiger partial charge >= 0.3 is 37.7 Å². The van der Waals surface area contributed by atoms with Crippen molar-refractivity contribution in [1.82, 2.24) is 0 Å². The van der Waals surface area contributed by atoms with Gasteiger partial charge in [0.05, 0.1) is 0 Å². The fraction of sp³-hybridized carbons (Fsp3) is 0.538. The molecule has 344 valence electrons. The van der Waals surface area contributed by atoms with Gasteiger partial charge in [-0.1, -0.05) is 216 Å². The van der Waals surface area contributed by atoms with Crippen LogP contribution in [0.4, 0.5) is 0 Å². The Morgan fingerprint density at radius 3 is 0.905 bits per heavy atom. The molecule has 0 fully saturated rings. The van der Waals surface area contributed by atoms with E-state index in [1.165, 1.54) is 116 Å². The maximum atomic E-state index is 11.9. The molecule has 0 spiro atoms. The largest absolute Gasteiger partial charge is 2.00 e. The first-order valence-corrected chi connectivity index (χ1v) is 26.5. The number of hydrogen-bond acceptors (Lipinski definition) is 8. The van der Waals surface area contributed by atoms with Crippen molar-refractivity contribution < 1.29 is 35.4 Å². The molecule has 11 heteroatoms. The van der Waals surface area contributed by atoms with Gasteiger partial charge < -0.3 is 18.6 Å². The van der Waals surface area contributed by atoms with Gasteiger partial charge in [0.1, 0.15) is 53.0 Å². The molecule has 0 atom stereocenters. The third-order valence-corrected chi connectivity index (χ3v) is 13.1. The Labute approximate surface area is 411 Å². The molecule has 4 rings (SSSR count). The van der Waals surface area contributed by atoms with Gasteiger partial charge in [0.2, 0.25) is 0 Å². The van der Waals surface area contributed by atoms with Crippen molar-refractivity contribution in [2.24, 2.45) is 0 Å². The summed E-state index contributed by atoms with van der Waals surface area (Å²) in [5.41, 5.74) is 1.10. The maximum absolute atomic E-state index is 11.9. The van der Waals surface area contributed by atoms with E-state index >= 15 is 0 Å². The molecule has 0 aliphatic heterocycles. The molecular weight excluding hydrogens is 857 g/mol. The summed E-state index contributed by atoms with van der Waals surface area (Å²) >= 11 is 0. The summed E-state index contributed by atoms with van der Waals surface area (Å²) in [7, 11) is -9.25. The molecule has 0 heterocycles. The molecule has 0 aromatic heterocycles. The minimum absolute atomic E-state index is 0. The molecule has 0 saturated heterocycles. The Morgan fingerprint density at radius 2 is 0.635 bits per heavy atom. The van der Waals surface area contributed by atoms with Gasteiger partial charge in [-0.15, -0.1) is 0 Å². The van der Waals surface area contributed by atoms with E-state index in [4.69, 9.17) is 9.47 Å². The van der Waals surface area contributed by atoms with Crippen molar-refractivity contribution in [3.05, 3.63) is 108 Å². The fourth-order valence-electron chi connectivity index (χ4n) is 7.79. The normalized spacial score (nSPS) is 11.4. The first-order valence-electron chi connectivity index (χ1n) is 23.7. The SMILES string of the molecule is CCCCCCCCCCCCCCc1cccc(Oc2ccccc2)c1S(=O)(=O)[O-].CCCCCCCCCCCCCCc1cccc(Oc2ccccc2)c1S(=O)(=O)[O-].[Ca+2]. The van der Waals surface area contributed by atoms with Crippen LogP contribution in [0, 0.1) is 0 Å². The van der Waals surface area contributed by atoms with Crippen LogP contribution in [0.1, 0.15) is 179 Å². The molecule has 0 saturated carbocycles. The van der Waals surface area contributed by atoms with Crippen molar-refractivity contribution >= 4 is 58.0 Å². The van der Waals surface area contributed by atoms with Gasteiger partial charge in [-0.2, -0.15) is 0 Å². The van der Waals surface area contributed by atoms with E-state index in [0.29, 0.717) is 35.5 Å². The summed E-state index contributed by atoms with van der Waals surface area (Å²) < 4.78 is 83.1. The zero-order valence-corrected chi connectivity index (χ0v) is 42.3. The van der Waals surface area contributed by atoms with Gasteiger partial charge in [-0.25, -0.2) is 16.8 Å². The van der Waals surface area contributed by atoms with Gasteiger partial charge in [0.15, 0.2) is 0 Å². The van der Waals surface area contributed by atoms with Crippen molar-refractivity contribution in [2.75, 3.05) is 0 Å². The summed E-state index contributed by atoms with van der Waals surface area (Å²) in [6.45, 7) is 4.49. The molecule has 0 amide bonds. The fourth-order valence-corrected chi connectivity index (χ4v) is 9.48. The third kappa shape index (κ3) is 24.6. The number of unbranched alkanes of at least 4 members (excludes halogenated alkanes) is 22. The molecule has 0 radical (unpaired) electrons. The van der Waals surface area contributed by atoms with Crippen molar-refractivity contribution in [2.45, 2.75) is 191 Å². The van der Waals surface area contributed by atoms with Crippen molar-refractivity contribution in [1.29, 1.82) is 0 Å². The Kier molecular flexibility index (Phi) is 30.6. The Bertz CT molecular complexity index is 1850. The summed E-state index contributed by atoms with van der Waals surface area (Å²) in [4.78, 5) is -0.441. The second kappa shape index (κ2) is 34.0. The van der Waals surface area contributed by atoms with E-state index in [1.54, 1.807) is 84.9 Å². The minimum atomic E-state index is -4.63. The first kappa shape index (κ1) is 56.7. The van der Waals surface area contributed by atoms with E-state index in [0.717, 1.165) is 38.5 Å². The standard InChI is InChI=1S/2C26H38O4S.Ca/c2*1-2-3-4-5-6-7-8-9-10-11-12-14-18-23-19-17-22-25(26(23)31(27,28)29)30-24-20-15-13-16-21-24;/h2*13,15-17,19-22H,2-12,14,18H2,1H3,(H,27,28,29);/q;;+2/p-2. The summed E-state index contributed by atoms with van der Waals surface area (Å²) in [6.07, 6.45) is 31.0. The van der Waals surface area contributed by atoms with E-state index in [9.17, 15) is 25.9 Å². The average Bonchev–Trinajstić information content (AvgIpc) is 3.24. The molecule has 4 aromatic rings. The molecule has 63 heavy (non-hydrogen) atoms. The number of para-hydroxylation sites is 2. The van der Waals surface area contributed by atoms with Crippen LogP contribution in [0.5, 0.6) is 23.0 Å². The van der Waals surface area contributed by atoms with Crippen molar-refractivity contribution in [3.8, 4) is 23.0 Å². The number of benzene rings is 4. The zero-order chi connectivity index (χ0) is 44.7. The van der Waals surface area contributed by atoms with Gasteiger partial charge in [-0.05, 0) is 73.2 Å². The first-order chi connectivity index (χ1) is 30.0. The van der Waals surface area contributed by atoms with Gasteiger partial charge in [0, 0.05) is 0 Å². The topological polar surface area (TPSA) is 133 Å². The zero-order valence-electron chi connectivity index (χ0n) is 38.4. The maximum Gasteiger partial charge on any atom is 2.00 e. The summed E-state index contributed by atoms with van der Waals surface area (Å²) in [6, 6.07) is 27.9. The van der Waals surface area contributed by atoms with Crippen LogP contribution in [-0.4, -0.2) is 63.7 Å². The van der Waals surface area contributed by atoms with Gasteiger partial charge in [0.25, 0.3) is 0 Å². The van der Waals surface area contributed by atoms with Crippen LogP contribution < -0.4 is 9.47 Å². The van der Waals surface area contributed by atoms with Crippen LogP contribution >= 0.6 is 0 Å². The second-order valence-corrected chi connectivity index (χ2v) is 19.1. The summed E-state index contributed by atoms with van der Waals surface area (Å²) in [5, 5.41) is 0. The van der Waals surface area contributed by atoms with E-state index in [2.05, 4.69) is 13.8 Å². The Hall–Kier alpha value is -2.44. The molecule has 0 aliphatic rings. The molecule has 8 nitrogen and oxygen atoms in total. The van der Waals surface area contributed by atoms with Crippen molar-refractivity contribution in [3.63, 3.8) is 0 Å². The average molecular weight is 931 g/mol.